The van der Waals surface area contributed by atoms with E-state index in [-0.39, 0.29) is 0 Å². The van der Waals surface area contributed by atoms with E-state index in [0.29, 0.717) is 5.41 Å². The standard InChI is InChI=1S/C6H6.C5H12.4C2H6/c1-2-4-6-5-3-1;1-5(2,3)4;4*1-2/h1-6H;1-4H3;4*1-2H3. The normalized spacial score (nSPS) is 6.95. The number of rotatable bonds is 0. The van der Waals surface area contributed by atoms with Crippen molar-refractivity contribution in [3.63, 3.8) is 0 Å². The first-order valence-electron chi connectivity index (χ1n) is 8.00. The lowest BCUT2D eigenvalue weighted by Crippen LogP contribution is -1.93. The highest BCUT2D eigenvalue weighted by Crippen LogP contribution is 2.08. The first-order chi connectivity index (χ1) is 9.00. The van der Waals surface area contributed by atoms with Gasteiger partial charge in [-0.05, 0) is 5.41 Å². The van der Waals surface area contributed by atoms with Gasteiger partial charge in [0.1, 0.15) is 0 Å². The molecule has 0 saturated heterocycles. The first kappa shape index (κ1) is 30.9. The molecule has 0 N–H and O–H groups in total. The van der Waals surface area contributed by atoms with Crippen molar-refractivity contribution in [1.82, 2.24) is 0 Å². The fourth-order valence-corrected chi connectivity index (χ4v) is 0.385. The van der Waals surface area contributed by atoms with E-state index in [9.17, 15) is 0 Å². The zero-order chi connectivity index (χ0) is 16.7. The van der Waals surface area contributed by atoms with Gasteiger partial charge in [0.15, 0.2) is 0 Å². The van der Waals surface area contributed by atoms with E-state index >= 15 is 0 Å². The van der Waals surface area contributed by atoms with Crippen LogP contribution in [0.4, 0.5) is 0 Å². The summed E-state index contributed by atoms with van der Waals surface area (Å²) in [4.78, 5) is 0. The molecular weight excluding hydrogens is 228 g/mol. The van der Waals surface area contributed by atoms with Crippen molar-refractivity contribution in [2.24, 2.45) is 5.41 Å². The van der Waals surface area contributed by atoms with Crippen molar-refractivity contribution in [3.05, 3.63) is 36.4 Å². The van der Waals surface area contributed by atoms with E-state index in [1.54, 1.807) is 0 Å². The molecule has 0 nitrogen and oxygen atoms in total. The molecule has 0 spiro atoms. The van der Waals surface area contributed by atoms with Crippen molar-refractivity contribution < 1.29 is 0 Å². The minimum absolute atomic E-state index is 0.500. The van der Waals surface area contributed by atoms with Crippen molar-refractivity contribution in [2.45, 2.75) is 83.1 Å². The summed E-state index contributed by atoms with van der Waals surface area (Å²) in [6, 6.07) is 12.0. The average molecular weight is 271 g/mol. The van der Waals surface area contributed by atoms with Gasteiger partial charge in [-0.1, -0.05) is 119 Å². The molecule has 0 bridgehead atoms. The summed E-state index contributed by atoms with van der Waals surface area (Å²) >= 11 is 0. The molecule has 0 atom stereocenters. The van der Waals surface area contributed by atoms with Crippen LogP contribution in [-0.4, -0.2) is 0 Å². The maximum atomic E-state index is 2.19. The van der Waals surface area contributed by atoms with Gasteiger partial charge in [-0.25, -0.2) is 0 Å². The lowest BCUT2D eigenvalue weighted by Gasteiger charge is -2.05. The molecule has 0 aromatic heterocycles. The predicted molar refractivity (Wildman–Crippen MR) is 97.0 cm³/mol. The summed E-state index contributed by atoms with van der Waals surface area (Å²) in [5.41, 5.74) is 0.500. The fraction of sp³-hybridized carbons (Fsp3) is 0.684. The Labute approximate surface area is 125 Å². The number of hydrogen-bond donors (Lipinski definition) is 0. The van der Waals surface area contributed by atoms with Gasteiger partial charge in [-0.3, -0.25) is 0 Å². The lowest BCUT2D eigenvalue weighted by atomic mass is 10.0. The topological polar surface area (TPSA) is 0 Å². The molecule has 0 amide bonds. The maximum absolute atomic E-state index is 2.19. The zero-order valence-electron chi connectivity index (χ0n) is 16.0. The second-order valence-corrected chi connectivity index (χ2v) is 4.15. The summed E-state index contributed by atoms with van der Waals surface area (Å²) in [5, 5.41) is 0. The molecular formula is C19H42. The van der Waals surface area contributed by atoms with Crippen LogP contribution in [0.3, 0.4) is 0 Å². The molecule has 1 aromatic carbocycles. The highest BCUT2D eigenvalue weighted by atomic mass is 14.0. The van der Waals surface area contributed by atoms with Gasteiger partial charge in [0.25, 0.3) is 0 Å². The Morgan fingerprint density at radius 3 is 0.474 bits per heavy atom. The Morgan fingerprint density at radius 1 is 0.368 bits per heavy atom. The van der Waals surface area contributed by atoms with Gasteiger partial charge in [-0.2, -0.15) is 0 Å². The smallest absolute Gasteiger partial charge is 0.0411 e. The van der Waals surface area contributed by atoms with Gasteiger partial charge in [-0.15, -0.1) is 0 Å². The van der Waals surface area contributed by atoms with Gasteiger partial charge in [0.05, 0.1) is 0 Å². The SMILES string of the molecule is CC.CC.CC.CC.CC(C)(C)C.c1ccccc1. The van der Waals surface area contributed by atoms with Crippen LogP contribution in [0.25, 0.3) is 0 Å². The molecule has 19 heavy (non-hydrogen) atoms. The predicted octanol–water partition coefficient (Wildman–Crippen LogP) is 7.84. The van der Waals surface area contributed by atoms with E-state index < -0.39 is 0 Å². The molecule has 0 aliphatic heterocycles. The Morgan fingerprint density at radius 2 is 0.421 bits per heavy atom. The molecule has 0 saturated carbocycles. The Hall–Kier alpha value is -0.780. The van der Waals surface area contributed by atoms with Crippen molar-refractivity contribution in [3.8, 4) is 0 Å². The van der Waals surface area contributed by atoms with Crippen LogP contribution in [0.1, 0.15) is 83.1 Å². The first-order valence-corrected chi connectivity index (χ1v) is 8.00. The third-order valence-corrected chi connectivity index (χ3v) is 0.667. The number of benzene rings is 1. The van der Waals surface area contributed by atoms with Crippen molar-refractivity contribution in [2.75, 3.05) is 0 Å². The summed E-state index contributed by atoms with van der Waals surface area (Å²) in [5.74, 6) is 0. The summed E-state index contributed by atoms with van der Waals surface area (Å²) < 4.78 is 0. The van der Waals surface area contributed by atoms with E-state index in [1.165, 1.54) is 0 Å². The van der Waals surface area contributed by atoms with Crippen LogP contribution >= 0.6 is 0 Å². The number of hydrogen-bond acceptors (Lipinski definition) is 0. The lowest BCUT2D eigenvalue weighted by molar-refractivity contribution is 0.469. The van der Waals surface area contributed by atoms with Gasteiger partial charge in [0, 0.05) is 0 Å². The fourth-order valence-electron chi connectivity index (χ4n) is 0.385. The largest absolute Gasteiger partial charge is 0.0683 e. The molecule has 0 unspecified atom stereocenters. The molecule has 1 aromatic rings. The minimum Gasteiger partial charge on any atom is -0.0683 e. The summed E-state index contributed by atoms with van der Waals surface area (Å²) in [6.07, 6.45) is 0. The summed E-state index contributed by atoms with van der Waals surface area (Å²) in [7, 11) is 0. The molecule has 0 aliphatic carbocycles. The van der Waals surface area contributed by atoms with Gasteiger partial charge in [0.2, 0.25) is 0 Å². The van der Waals surface area contributed by atoms with Crippen LogP contribution < -0.4 is 0 Å². The quantitative estimate of drug-likeness (QED) is 0.450. The second-order valence-electron chi connectivity index (χ2n) is 4.15. The molecule has 0 radical (unpaired) electrons. The van der Waals surface area contributed by atoms with Gasteiger partial charge < -0.3 is 0 Å². The molecule has 0 heteroatoms. The highest BCUT2D eigenvalue weighted by molar-refractivity contribution is 4.99. The van der Waals surface area contributed by atoms with E-state index in [2.05, 4.69) is 27.7 Å². The molecule has 0 aliphatic rings. The van der Waals surface area contributed by atoms with Crippen LogP contribution in [-0.2, 0) is 0 Å². The molecule has 0 fully saturated rings. The van der Waals surface area contributed by atoms with Crippen LogP contribution in [0.15, 0.2) is 36.4 Å². The molecule has 0 heterocycles. The summed E-state index contributed by atoms with van der Waals surface area (Å²) in [6.45, 7) is 24.8. The van der Waals surface area contributed by atoms with Crippen LogP contribution in [0, 0.1) is 5.41 Å². The average Bonchev–Trinajstić information content (AvgIpc) is 2.48. The third-order valence-electron chi connectivity index (χ3n) is 0.667. The third kappa shape index (κ3) is 146. The zero-order valence-corrected chi connectivity index (χ0v) is 16.0. The van der Waals surface area contributed by atoms with Crippen molar-refractivity contribution >= 4 is 0 Å². The Bertz CT molecular complexity index is 124. The molecule has 118 valence electrons. The monoisotopic (exact) mass is 270 g/mol. The Kier molecular flexibility index (Phi) is 58.6. The van der Waals surface area contributed by atoms with Crippen LogP contribution in [0.5, 0.6) is 0 Å². The highest BCUT2D eigenvalue weighted by Gasteiger charge is 1.95. The van der Waals surface area contributed by atoms with E-state index in [1.807, 2.05) is 91.8 Å². The maximum Gasteiger partial charge on any atom is -0.0411 e. The second kappa shape index (κ2) is 36.0. The Balaban J connectivity index is -0.0000000459. The van der Waals surface area contributed by atoms with E-state index in [0.717, 1.165) is 0 Å². The molecule has 1 rings (SSSR count). The van der Waals surface area contributed by atoms with Gasteiger partial charge >= 0.3 is 0 Å². The minimum atomic E-state index is 0.500. The van der Waals surface area contributed by atoms with E-state index in [4.69, 9.17) is 0 Å². The van der Waals surface area contributed by atoms with Crippen molar-refractivity contribution in [1.29, 1.82) is 0 Å². The van der Waals surface area contributed by atoms with Crippen LogP contribution in [0.2, 0.25) is 0 Å².